The van der Waals surface area contributed by atoms with Crippen molar-refractivity contribution in [2.75, 3.05) is 24.7 Å². The Labute approximate surface area is 114 Å². The van der Waals surface area contributed by atoms with E-state index < -0.39 is 0 Å². The van der Waals surface area contributed by atoms with Gasteiger partial charge in [-0.05, 0) is 6.92 Å². The van der Waals surface area contributed by atoms with Crippen molar-refractivity contribution in [3.63, 3.8) is 0 Å². The summed E-state index contributed by atoms with van der Waals surface area (Å²) in [6, 6.07) is 1.75. The van der Waals surface area contributed by atoms with E-state index in [0.29, 0.717) is 11.6 Å². The zero-order valence-electron chi connectivity index (χ0n) is 10.4. The fourth-order valence-corrected chi connectivity index (χ4v) is 2.91. The molecule has 0 saturated heterocycles. The molecule has 18 heavy (non-hydrogen) atoms. The highest BCUT2D eigenvalue weighted by Crippen LogP contribution is 2.28. The number of nitrogens with two attached hydrogens (primary N) is 1. The van der Waals surface area contributed by atoms with Gasteiger partial charge < -0.3 is 10.6 Å². The molecule has 0 atom stereocenters. The van der Waals surface area contributed by atoms with Gasteiger partial charge in [-0.1, -0.05) is 23.1 Å². The first kappa shape index (κ1) is 13.0. The van der Waals surface area contributed by atoms with E-state index in [0.717, 1.165) is 21.0 Å². The molecule has 2 aromatic rings. The number of nitrogens with zero attached hydrogens (tertiary/aromatic N) is 5. The quantitative estimate of drug-likeness (QED) is 0.852. The SMILES string of the molecule is Cc1cc(N)nc(CSc2nnc(N(C)C)s2)n1. The van der Waals surface area contributed by atoms with Gasteiger partial charge in [-0.3, -0.25) is 0 Å². The van der Waals surface area contributed by atoms with Gasteiger partial charge in [0.1, 0.15) is 11.6 Å². The number of hydrogen-bond acceptors (Lipinski definition) is 8. The largest absolute Gasteiger partial charge is 0.384 e. The third-order valence-electron chi connectivity index (χ3n) is 2.02. The van der Waals surface area contributed by atoms with E-state index in [1.165, 1.54) is 0 Å². The van der Waals surface area contributed by atoms with E-state index in [-0.39, 0.29) is 0 Å². The third-order valence-corrected chi connectivity index (χ3v) is 4.24. The lowest BCUT2D eigenvalue weighted by Crippen LogP contribution is -2.07. The van der Waals surface area contributed by atoms with Crippen LogP contribution < -0.4 is 10.6 Å². The van der Waals surface area contributed by atoms with Crippen molar-refractivity contribution < 1.29 is 0 Å². The van der Waals surface area contributed by atoms with Crippen LogP contribution in [0.15, 0.2) is 10.4 Å². The molecule has 2 heterocycles. The molecule has 2 rings (SSSR count). The predicted octanol–water partition coefficient (Wildman–Crippen LogP) is 1.58. The maximum atomic E-state index is 5.68. The van der Waals surface area contributed by atoms with Crippen LogP contribution in [0.1, 0.15) is 11.5 Å². The highest BCUT2D eigenvalue weighted by molar-refractivity contribution is 8.00. The Kier molecular flexibility index (Phi) is 3.97. The topological polar surface area (TPSA) is 80.8 Å². The first-order chi connectivity index (χ1) is 8.54. The van der Waals surface area contributed by atoms with E-state index in [2.05, 4.69) is 20.2 Å². The van der Waals surface area contributed by atoms with Crippen LogP contribution in [0.5, 0.6) is 0 Å². The molecular weight excluding hydrogens is 268 g/mol. The summed E-state index contributed by atoms with van der Waals surface area (Å²) in [6.07, 6.45) is 0. The van der Waals surface area contributed by atoms with Crippen molar-refractivity contribution in [1.29, 1.82) is 0 Å². The molecule has 0 unspecified atom stereocenters. The zero-order valence-corrected chi connectivity index (χ0v) is 12.0. The highest BCUT2D eigenvalue weighted by atomic mass is 32.2. The van der Waals surface area contributed by atoms with E-state index in [4.69, 9.17) is 5.73 Å². The van der Waals surface area contributed by atoms with Gasteiger partial charge in [-0.15, -0.1) is 10.2 Å². The first-order valence-corrected chi connectivity index (χ1v) is 7.08. The number of aryl methyl sites for hydroxylation is 1. The summed E-state index contributed by atoms with van der Waals surface area (Å²) >= 11 is 3.12. The van der Waals surface area contributed by atoms with Gasteiger partial charge in [-0.25, -0.2) is 9.97 Å². The van der Waals surface area contributed by atoms with Crippen LogP contribution in [0.4, 0.5) is 10.9 Å². The minimum Gasteiger partial charge on any atom is -0.384 e. The predicted molar refractivity (Wildman–Crippen MR) is 75.0 cm³/mol. The van der Waals surface area contributed by atoms with Crippen molar-refractivity contribution in [1.82, 2.24) is 20.2 Å². The normalized spacial score (nSPS) is 10.6. The Bertz CT molecular complexity index is 519. The number of aromatic nitrogens is 4. The molecule has 0 spiro atoms. The zero-order chi connectivity index (χ0) is 13.1. The molecule has 8 heteroatoms. The van der Waals surface area contributed by atoms with E-state index in [9.17, 15) is 0 Å². The van der Waals surface area contributed by atoms with Gasteiger partial charge in [0.2, 0.25) is 5.13 Å². The molecule has 0 aliphatic heterocycles. The smallest absolute Gasteiger partial charge is 0.208 e. The minimum absolute atomic E-state index is 0.504. The molecule has 6 nitrogen and oxygen atoms in total. The molecular formula is C10H14N6S2. The Hall–Kier alpha value is -1.41. The second-order valence-corrected chi connectivity index (χ2v) is 6.06. The molecule has 0 amide bonds. The Morgan fingerprint density at radius 2 is 2.11 bits per heavy atom. The molecule has 0 aromatic carbocycles. The molecule has 0 aliphatic carbocycles. The van der Waals surface area contributed by atoms with Crippen LogP contribution in [0.2, 0.25) is 0 Å². The number of nitrogen functional groups attached to an aromatic ring is 1. The minimum atomic E-state index is 0.504. The fourth-order valence-electron chi connectivity index (χ4n) is 1.29. The van der Waals surface area contributed by atoms with Gasteiger partial charge in [-0.2, -0.15) is 0 Å². The lowest BCUT2D eigenvalue weighted by Gasteiger charge is -2.03. The van der Waals surface area contributed by atoms with Gasteiger partial charge >= 0.3 is 0 Å². The Balaban J connectivity index is 2.02. The van der Waals surface area contributed by atoms with Gasteiger partial charge in [0.05, 0.1) is 5.75 Å². The van der Waals surface area contributed by atoms with Crippen LogP contribution in [-0.2, 0) is 5.75 Å². The molecule has 0 aliphatic rings. The molecule has 2 aromatic heterocycles. The van der Waals surface area contributed by atoms with E-state index >= 15 is 0 Å². The number of anilines is 2. The van der Waals surface area contributed by atoms with E-state index in [1.54, 1.807) is 29.2 Å². The Morgan fingerprint density at radius 3 is 2.72 bits per heavy atom. The summed E-state index contributed by atoms with van der Waals surface area (Å²) in [5, 5.41) is 9.06. The third kappa shape index (κ3) is 3.30. The average molecular weight is 282 g/mol. The van der Waals surface area contributed by atoms with Crippen molar-refractivity contribution >= 4 is 34.0 Å². The van der Waals surface area contributed by atoms with Crippen LogP contribution >= 0.6 is 23.1 Å². The van der Waals surface area contributed by atoms with Crippen molar-refractivity contribution in [3.8, 4) is 0 Å². The summed E-state index contributed by atoms with van der Waals surface area (Å²) in [7, 11) is 3.89. The summed E-state index contributed by atoms with van der Waals surface area (Å²) in [4.78, 5) is 10.4. The summed E-state index contributed by atoms with van der Waals surface area (Å²) in [5.41, 5.74) is 6.56. The second-order valence-electron chi connectivity index (χ2n) is 3.88. The number of hydrogen-bond donors (Lipinski definition) is 1. The summed E-state index contributed by atoms with van der Waals surface area (Å²) < 4.78 is 0.905. The van der Waals surface area contributed by atoms with Crippen molar-refractivity contribution in [2.45, 2.75) is 17.0 Å². The van der Waals surface area contributed by atoms with Gasteiger partial charge in [0.25, 0.3) is 0 Å². The second kappa shape index (κ2) is 5.49. The number of thioether (sulfide) groups is 1. The summed E-state index contributed by atoms with van der Waals surface area (Å²) in [5.74, 6) is 1.87. The fraction of sp³-hybridized carbons (Fsp3) is 0.400. The first-order valence-electron chi connectivity index (χ1n) is 5.28. The standard InChI is InChI=1S/C10H14N6S2/c1-6-4-7(11)13-8(12-6)5-17-10-15-14-9(18-10)16(2)3/h4H,5H2,1-3H3,(H2,11,12,13). The van der Waals surface area contributed by atoms with Crippen LogP contribution in [0, 0.1) is 6.92 Å². The molecule has 96 valence electrons. The maximum Gasteiger partial charge on any atom is 0.208 e. The van der Waals surface area contributed by atoms with Gasteiger partial charge in [0, 0.05) is 25.9 Å². The monoisotopic (exact) mass is 282 g/mol. The lowest BCUT2D eigenvalue weighted by atomic mass is 10.4. The van der Waals surface area contributed by atoms with Crippen LogP contribution in [0.3, 0.4) is 0 Å². The highest BCUT2D eigenvalue weighted by Gasteiger charge is 2.08. The van der Waals surface area contributed by atoms with E-state index in [1.807, 2.05) is 25.9 Å². The average Bonchev–Trinajstić information content (AvgIpc) is 2.73. The van der Waals surface area contributed by atoms with Gasteiger partial charge in [0.15, 0.2) is 4.34 Å². The molecule has 0 radical (unpaired) electrons. The molecule has 2 N–H and O–H groups in total. The molecule has 0 saturated carbocycles. The molecule has 0 fully saturated rings. The van der Waals surface area contributed by atoms with Crippen LogP contribution in [-0.4, -0.2) is 34.3 Å². The lowest BCUT2D eigenvalue weighted by molar-refractivity contribution is 0.967. The Morgan fingerprint density at radius 1 is 1.33 bits per heavy atom. The molecule has 0 bridgehead atoms. The van der Waals surface area contributed by atoms with Crippen molar-refractivity contribution in [3.05, 3.63) is 17.6 Å². The van der Waals surface area contributed by atoms with Crippen molar-refractivity contribution in [2.24, 2.45) is 0 Å². The summed E-state index contributed by atoms with van der Waals surface area (Å²) in [6.45, 7) is 1.90. The maximum absolute atomic E-state index is 5.68. The van der Waals surface area contributed by atoms with Crippen LogP contribution in [0.25, 0.3) is 0 Å². The number of rotatable bonds is 4.